The van der Waals surface area contributed by atoms with Crippen molar-refractivity contribution >= 4 is 21.8 Å². The van der Waals surface area contributed by atoms with Crippen molar-refractivity contribution in [3.05, 3.63) is 0 Å². The summed E-state index contributed by atoms with van der Waals surface area (Å²) in [6, 6.07) is 0. The number of hydrogen-bond donors (Lipinski definition) is 0. The molecule has 0 aromatic rings. The number of nitrogens with zero attached hydrogens (tertiary/aromatic N) is 1. The van der Waals surface area contributed by atoms with Gasteiger partial charge in [-0.05, 0) is 29.3 Å². The number of hydrogen-bond acceptors (Lipinski definition) is 3. The fraction of sp³-hybridized carbons (Fsp3) is 0.875. The molecule has 12 heavy (non-hydrogen) atoms. The third-order valence-electron chi connectivity index (χ3n) is 1.16. The highest BCUT2D eigenvalue weighted by molar-refractivity contribution is 9.09. The summed E-state index contributed by atoms with van der Waals surface area (Å²) in [6.45, 7) is 6.40. The van der Waals surface area contributed by atoms with E-state index >= 15 is 0 Å². The van der Waals surface area contributed by atoms with Crippen LogP contribution >= 0.6 is 15.9 Å². The van der Waals surface area contributed by atoms with Crippen LogP contribution in [0.1, 0.15) is 33.6 Å². The Morgan fingerprint density at radius 3 is 2.67 bits per heavy atom. The van der Waals surface area contributed by atoms with Gasteiger partial charge in [0.1, 0.15) is 0 Å². The topological polar surface area (TPSA) is 30.8 Å². The van der Waals surface area contributed by atoms with Crippen molar-refractivity contribution in [1.82, 2.24) is 0 Å². The highest BCUT2D eigenvalue weighted by Crippen LogP contribution is 2.09. The van der Waals surface area contributed by atoms with E-state index in [1.54, 1.807) is 6.92 Å². The molecular weight excluding hydrogens is 222 g/mol. The van der Waals surface area contributed by atoms with Gasteiger partial charge in [0.2, 0.25) is 5.90 Å². The predicted octanol–water partition coefficient (Wildman–Crippen LogP) is 2.89. The molecule has 1 atom stereocenters. The molecule has 0 bridgehead atoms. The zero-order valence-electron chi connectivity index (χ0n) is 7.84. The largest absolute Gasteiger partial charge is 0.479 e. The average Bonchev–Trinajstić information content (AvgIpc) is 2.02. The van der Waals surface area contributed by atoms with Crippen LogP contribution in [-0.2, 0) is 9.57 Å². The van der Waals surface area contributed by atoms with Crippen molar-refractivity contribution in [3.63, 3.8) is 0 Å². The number of halogens is 1. The number of rotatable bonds is 5. The predicted molar refractivity (Wildman–Crippen MR) is 53.4 cm³/mol. The van der Waals surface area contributed by atoms with E-state index in [4.69, 9.17) is 9.57 Å². The zero-order valence-corrected chi connectivity index (χ0v) is 9.43. The van der Waals surface area contributed by atoms with E-state index in [2.05, 4.69) is 28.0 Å². The Kier molecular flexibility index (Phi) is 7.25. The molecule has 0 fully saturated rings. The Balaban J connectivity index is 3.55. The molecule has 0 heterocycles. The Morgan fingerprint density at radius 2 is 2.17 bits per heavy atom. The van der Waals surface area contributed by atoms with Gasteiger partial charge < -0.3 is 9.57 Å². The highest BCUT2D eigenvalue weighted by atomic mass is 79.9. The summed E-state index contributed by atoms with van der Waals surface area (Å²) in [7, 11) is 0. The van der Waals surface area contributed by atoms with Crippen LogP contribution in [0.3, 0.4) is 0 Å². The lowest BCUT2D eigenvalue weighted by Gasteiger charge is -2.06. The van der Waals surface area contributed by atoms with E-state index < -0.39 is 0 Å². The normalized spacial score (nSPS) is 14.2. The molecule has 0 aromatic heterocycles. The number of oxime groups is 1. The first kappa shape index (κ1) is 11.8. The maximum absolute atomic E-state index is 5.08. The van der Waals surface area contributed by atoms with Crippen molar-refractivity contribution in [3.8, 4) is 0 Å². The van der Waals surface area contributed by atoms with E-state index in [9.17, 15) is 0 Å². The summed E-state index contributed by atoms with van der Waals surface area (Å²) in [6.07, 6.45) is 2.02. The zero-order chi connectivity index (χ0) is 9.40. The molecule has 4 heteroatoms. The smallest absolute Gasteiger partial charge is 0.222 e. The maximum atomic E-state index is 5.08. The first-order chi connectivity index (χ1) is 5.70. The molecular formula is C8H16BrNO2. The van der Waals surface area contributed by atoms with Crippen LogP contribution in [0.2, 0.25) is 0 Å². The molecule has 0 saturated heterocycles. The number of alkyl halides is 1. The lowest BCUT2D eigenvalue weighted by atomic mass is 10.4. The lowest BCUT2D eigenvalue weighted by molar-refractivity contribution is 0.110. The van der Waals surface area contributed by atoms with Gasteiger partial charge in [0.15, 0.2) is 5.01 Å². The standard InChI is InChI=1S/C8H16BrNO2/c1-4-6-8(9)12-10-7(3)11-5-2/h8H,4-6H2,1-3H3. The minimum atomic E-state index is -0.00194. The molecule has 0 rings (SSSR count). The molecule has 0 amide bonds. The Labute approximate surface area is 82.2 Å². The molecule has 0 aliphatic heterocycles. The minimum absolute atomic E-state index is 0.00194. The Morgan fingerprint density at radius 1 is 1.50 bits per heavy atom. The van der Waals surface area contributed by atoms with Gasteiger partial charge in [-0.15, -0.1) is 0 Å². The molecule has 0 radical (unpaired) electrons. The summed E-state index contributed by atoms with van der Waals surface area (Å²) in [5.74, 6) is 0.568. The number of ether oxygens (including phenoxy) is 1. The minimum Gasteiger partial charge on any atom is -0.479 e. The fourth-order valence-corrected chi connectivity index (χ4v) is 1.19. The molecule has 0 aliphatic rings. The van der Waals surface area contributed by atoms with Crippen LogP contribution in [0.25, 0.3) is 0 Å². The first-order valence-corrected chi connectivity index (χ1v) is 5.09. The summed E-state index contributed by atoms with van der Waals surface area (Å²) < 4.78 is 5.07. The lowest BCUT2D eigenvalue weighted by Crippen LogP contribution is -2.04. The molecule has 0 spiro atoms. The van der Waals surface area contributed by atoms with E-state index in [1.807, 2.05) is 6.92 Å². The van der Waals surface area contributed by atoms with Gasteiger partial charge in [-0.1, -0.05) is 18.5 Å². The van der Waals surface area contributed by atoms with Gasteiger partial charge in [0.05, 0.1) is 6.61 Å². The molecule has 3 nitrogen and oxygen atoms in total. The maximum Gasteiger partial charge on any atom is 0.222 e. The third kappa shape index (κ3) is 6.46. The van der Waals surface area contributed by atoms with Crippen molar-refractivity contribution in [2.45, 2.75) is 38.6 Å². The van der Waals surface area contributed by atoms with Crippen LogP contribution in [0.15, 0.2) is 5.16 Å². The fourth-order valence-electron chi connectivity index (χ4n) is 0.646. The van der Waals surface area contributed by atoms with Crippen molar-refractivity contribution in [1.29, 1.82) is 0 Å². The molecule has 0 saturated carbocycles. The van der Waals surface area contributed by atoms with E-state index in [1.165, 1.54) is 0 Å². The van der Waals surface area contributed by atoms with Gasteiger partial charge in [0.25, 0.3) is 0 Å². The third-order valence-corrected chi connectivity index (χ3v) is 1.79. The molecule has 72 valence electrons. The molecule has 0 N–H and O–H groups in total. The highest BCUT2D eigenvalue weighted by Gasteiger charge is 2.01. The van der Waals surface area contributed by atoms with Crippen LogP contribution in [0.5, 0.6) is 0 Å². The summed E-state index contributed by atoms with van der Waals surface area (Å²) in [5.41, 5.74) is 0. The molecule has 0 aromatic carbocycles. The van der Waals surface area contributed by atoms with Crippen molar-refractivity contribution < 1.29 is 9.57 Å². The van der Waals surface area contributed by atoms with Gasteiger partial charge in [-0.25, -0.2) is 0 Å². The van der Waals surface area contributed by atoms with Crippen molar-refractivity contribution in [2.24, 2.45) is 5.16 Å². The van der Waals surface area contributed by atoms with Crippen molar-refractivity contribution in [2.75, 3.05) is 6.61 Å². The van der Waals surface area contributed by atoms with E-state index in [0.717, 1.165) is 12.8 Å². The Bertz CT molecular complexity index is 139. The second-order valence-electron chi connectivity index (χ2n) is 2.35. The van der Waals surface area contributed by atoms with Gasteiger partial charge in [0, 0.05) is 6.92 Å². The summed E-state index contributed by atoms with van der Waals surface area (Å²) >= 11 is 3.33. The van der Waals surface area contributed by atoms with E-state index in [-0.39, 0.29) is 5.01 Å². The molecule has 0 aliphatic carbocycles. The van der Waals surface area contributed by atoms with E-state index in [0.29, 0.717) is 12.5 Å². The quantitative estimate of drug-likeness (QED) is 0.319. The Hall–Kier alpha value is -0.250. The van der Waals surface area contributed by atoms with Gasteiger partial charge in [-0.2, -0.15) is 0 Å². The average molecular weight is 238 g/mol. The van der Waals surface area contributed by atoms with Crippen LogP contribution in [0, 0.1) is 0 Å². The van der Waals surface area contributed by atoms with Crippen LogP contribution in [-0.4, -0.2) is 17.5 Å². The SMILES string of the molecule is CCCC(Br)ON=C(C)OCC. The van der Waals surface area contributed by atoms with Crippen LogP contribution in [0.4, 0.5) is 0 Å². The van der Waals surface area contributed by atoms with Gasteiger partial charge >= 0.3 is 0 Å². The van der Waals surface area contributed by atoms with Gasteiger partial charge in [-0.3, -0.25) is 0 Å². The first-order valence-electron chi connectivity index (χ1n) is 4.18. The van der Waals surface area contributed by atoms with Crippen LogP contribution < -0.4 is 0 Å². The summed E-state index contributed by atoms with van der Waals surface area (Å²) in [4.78, 5) is 5.08. The molecule has 1 unspecified atom stereocenters. The second kappa shape index (κ2) is 7.40. The summed E-state index contributed by atoms with van der Waals surface area (Å²) in [5, 5.41) is 3.78. The second-order valence-corrected chi connectivity index (χ2v) is 3.37. The monoisotopic (exact) mass is 237 g/mol.